The molecule has 0 aromatic heterocycles. The first-order chi connectivity index (χ1) is 15.3. The number of phenols is 3. The van der Waals surface area contributed by atoms with Crippen LogP contribution in [0.5, 0.6) is 17.2 Å². The molecule has 0 saturated carbocycles. The normalized spacial score (nSPS) is 10.9. The van der Waals surface area contributed by atoms with E-state index in [4.69, 9.17) is 9.47 Å². The molecule has 0 spiro atoms. The van der Waals surface area contributed by atoms with E-state index in [1.807, 2.05) is 0 Å². The third-order valence-electron chi connectivity index (χ3n) is 5.02. The van der Waals surface area contributed by atoms with Crippen molar-refractivity contribution in [2.75, 3.05) is 14.2 Å². The van der Waals surface area contributed by atoms with Gasteiger partial charge in [-0.1, -0.05) is 36.4 Å². The van der Waals surface area contributed by atoms with Crippen LogP contribution in [-0.2, 0) is 19.1 Å². The van der Waals surface area contributed by atoms with Gasteiger partial charge in [0.15, 0.2) is 0 Å². The van der Waals surface area contributed by atoms with Gasteiger partial charge < -0.3 is 24.8 Å². The van der Waals surface area contributed by atoms with E-state index in [0.29, 0.717) is 15.9 Å². The molecule has 7 nitrogen and oxygen atoms in total. The van der Waals surface area contributed by atoms with Gasteiger partial charge in [-0.2, -0.15) is 0 Å². The van der Waals surface area contributed by atoms with Crippen LogP contribution in [-0.4, -0.2) is 46.8 Å². The van der Waals surface area contributed by atoms with E-state index in [2.05, 4.69) is 0 Å². The lowest BCUT2D eigenvalue weighted by atomic mass is 10.3. The molecular weight excluding hydrogens is 431 g/mol. The van der Waals surface area contributed by atoms with Crippen LogP contribution in [0.3, 0.4) is 0 Å². The molecule has 0 aliphatic heterocycles. The van der Waals surface area contributed by atoms with Crippen molar-refractivity contribution in [1.29, 1.82) is 0 Å². The monoisotopic (exact) mass is 454 g/mol. The van der Waals surface area contributed by atoms with Crippen LogP contribution in [0, 0.1) is 0 Å². The molecule has 0 fully saturated rings. The lowest BCUT2D eigenvalue weighted by molar-refractivity contribution is -0.140. The van der Waals surface area contributed by atoms with Gasteiger partial charge in [0, 0.05) is 0 Å². The van der Waals surface area contributed by atoms with Crippen LogP contribution in [0.15, 0.2) is 72.8 Å². The number of carbonyl (C=O) groups is 2. The molecule has 3 aromatic carbocycles. The third kappa shape index (κ3) is 4.34. The second kappa shape index (κ2) is 9.62. The number of rotatable bonds is 6. The van der Waals surface area contributed by atoms with Crippen LogP contribution in [0.2, 0.25) is 0 Å². The van der Waals surface area contributed by atoms with E-state index >= 15 is 0 Å². The zero-order valence-corrected chi connectivity index (χ0v) is 18.5. The van der Waals surface area contributed by atoms with Crippen LogP contribution < -0.4 is 15.9 Å². The van der Waals surface area contributed by atoms with E-state index in [1.54, 1.807) is 36.4 Å². The summed E-state index contributed by atoms with van der Waals surface area (Å²) >= 11 is 0. The predicted octanol–water partition coefficient (Wildman–Crippen LogP) is 2.01. The van der Waals surface area contributed by atoms with Crippen molar-refractivity contribution in [2.24, 2.45) is 0 Å². The van der Waals surface area contributed by atoms with Crippen molar-refractivity contribution >= 4 is 40.0 Å². The molecule has 0 radical (unpaired) electrons. The van der Waals surface area contributed by atoms with Crippen molar-refractivity contribution in [3.05, 3.63) is 72.8 Å². The predicted molar refractivity (Wildman–Crippen MR) is 124 cm³/mol. The highest BCUT2D eigenvalue weighted by molar-refractivity contribution is 7.96. The molecule has 3 aromatic rings. The van der Waals surface area contributed by atoms with Gasteiger partial charge in [0.1, 0.15) is 17.2 Å². The molecule has 0 bridgehead atoms. The second-order valence-corrected chi connectivity index (χ2v) is 10.4. The molecule has 3 rings (SSSR count). The quantitative estimate of drug-likeness (QED) is 0.386. The van der Waals surface area contributed by atoms with E-state index in [0.717, 1.165) is 0 Å². The largest absolute Gasteiger partial charge is 0.508 e. The summed E-state index contributed by atoms with van der Waals surface area (Å²) in [5, 5.41) is 32.5. The number of ether oxygens (including phenoxy) is 2. The van der Waals surface area contributed by atoms with Crippen LogP contribution in [0.1, 0.15) is 6.42 Å². The fourth-order valence-electron chi connectivity index (χ4n) is 3.67. The Morgan fingerprint density at radius 1 is 0.719 bits per heavy atom. The lowest BCUT2D eigenvalue weighted by Crippen LogP contribution is -2.35. The van der Waals surface area contributed by atoms with E-state index < -0.39 is 25.2 Å². The van der Waals surface area contributed by atoms with E-state index in [9.17, 15) is 24.9 Å². The molecule has 0 aliphatic carbocycles. The van der Waals surface area contributed by atoms with Crippen LogP contribution in [0.4, 0.5) is 0 Å². The van der Waals surface area contributed by atoms with Crippen molar-refractivity contribution in [1.82, 2.24) is 0 Å². The Hall–Kier alpha value is -3.70. The molecule has 0 unspecified atom stereocenters. The van der Waals surface area contributed by atoms with Gasteiger partial charge >= 0.3 is 11.9 Å². The van der Waals surface area contributed by atoms with Crippen LogP contribution >= 0.6 is 6.89 Å². The molecule has 0 atom stereocenters. The van der Waals surface area contributed by atoms with Crippen LogP contribution in [0.25, 0.3) is 0 Å². The molecule has 0 saturated heterocycles. The first-order valence-corrected chi connectivity index (χ1v) is 11.4. The Balaban J connectivity index is 2.66. The van der Waals surface area contributed by atoms with Gasteiger partial charge in [-0.3, -0.25) is 4.79 Å². The highest BCUT2D eigenvalue weighted by Crippen LogP contribution is 2.48. The molecule has 166 valence electrons. The summed E-state index contributed by atoms with van der Waals surface area (Å²) in [4.78, 5) is 25.6. The summed E-state index contributed by atoms with van der Waals surface area (Å²) in [6.07, 6.45) is -0.391. The minimum Gasteiger partial charge on any atom is -0.508 e. The van der Waals surface area contributed by atoms with Gasteiger partial charge in [-0.05, 0) is 59.2 Å². The zero-order chi connectivity index (χ0) is 23.3. The molecule has 8 heteroatoms. The minimum absolute atomic E-state index is 0.0468. The summed E-state index contributed by atoms with van der Waals surface area (Å²) in [6.45, 7) is -3.22. The van der Waals surface area contributed by atoms with Gasteiger partial charge in [0.2, 0.25) is 0 Å². The van der Waals surface area contributed by atoms with Gasteiger partial charge in [0.25, 0.3) is 0 Å². The van der Waals surface area contributed by atoms with Gasteiger partial charge in [-0.25, -0.2) is 4.79 Å². The number of esters is 2. The highest BCUT2D eigenvalue weighted by atomic mass is 31.2. The smallest absolute Gasteiger partial charge is 0.335 e. The lowest BCUT2D eigenvalue weighted by Gasteiger charge is -2.32. The summed E-state index contributed by atoms with van der Waals surface area (Å²) < 4.78 is 9.93. The second-order valence-electron chi connectivity index (χ2n) is 6.92. The average molecular weight is 454 g/mol. The highest BCUT2D eigenvalue weighted by Gasteiger charge is 2.35. The number of hydrogen-bond acceptors (Lipinski definition) is 7. The van der Waals surface area contributed by atoms with Gasteiger partial charge in [-0.15, -0.1) is 0 Å². The number of phenolic OH excluding ortho intramolecular Hbond substituents is 3. The maximum Gasteiger partial charge on any atom is 0.335 e. The topological polar surface area (TPSA) is 113 Å². The molecule has 0 heterocycles. The van der Waals surface area contributed by atoms with E-state index in [1.165, 1.54) is 50.6 Å². The summed E-state index contributed by atoms with van der Waals surface area (Å²) in [5.74, 6) is -1.53. The minimum atomic E-state index is -3.22. The number of hydrogen-bond donors (Lipinski definition) is 3. The molecule has 3 N–H and O–H groups in total. The molecule has 0 aliphatic rings. The Morgan fingerprint density at radius 3 is 1.44 bits per heavy atom. The maximum atomic E-state index is 13.2. The Bertz CT molecular complexity index is 1100. The third-order valence-corrected chi connectivity index (χ3v) is 9.33. The van der Waals surface area contributed by atoms with E-state index in [-0.39, 0.29) is 22.5 Å². The van der Waals surface area contributed by atoms with Gasteiger partial charge in [0.05, 0.1) is 25.9 Å². The summed E-state index contributed by atoms with van der Waals surface area (Å²) in [5.41, 5.74) is 0. The standard InChI is InChI=1S/C24H23O7P/c1-30-23(28)15-22(24(29)31-2)32(19-9-3-6-16(25)12-19,20-10-4-7-17(26)13-20)21-11-5-8-18(27)14-21/h3-14,25-27H,15H2,1-2H3. The van der Waals surface area contributed by atoms with Crippen molar-refractivity contribution in [3.8, 4) is 17.2 Å². The molecular formula is C24H23O7P. The molecule has 32 heavy (non-hydrogen) atoms. The van der Waals surface area contributed by atoms with Crippen molar-refractivity contribution in [2.45, 2.75) is 6.42 Å². The molecule has 0 amide bonds. The summed E-state index contributed by atoms with van der Waals surface area (Å²) in [6, 6.07) is 19.0. The van der Waals surface area contributed by atoms with Crippen molar-refractivity contribution in [3.63, 3.8) is 0 Å². The number of benzene rings is 3. The SMILES string of the molecule is COC(=O)CC(C(=O)OC)=P(c1cccc(O)c1)(c1cccc(O)c1)c1cccc(O)c1. The maximum absolute atomic E-state index is 13.2. The first kappa shape index (κ1) is 23.0. The number of aromatic hydroxyl groups is 3. The average Bonchev–Trinajstić information content (AvgIpc) is 2.78. The fraction of sp³-hybridized carbons (Fsp3) is 0.125. The number of methoxy groups -OCH3 is 2. The Morgan fingerprint density at radius 2 is 1.12 bits per heavy atom. The first-order valence-electron chi connectivity index (χ1n) is 9.62. The zero-order valence-electron chi connectivity index (χ0n) is 17.6. The number of carbonyl (C=O) groups excluding carboxylic acids is 2. The van der Waals surface area contributed by atoms with Crippen molar-refractivity contribution < 1.29 is 34.4 Å². The Labute approximate surface area is 185 Å². The summed E-state index contributed by atoms with van der Waals surface area (Å²) in [7, 11) is 2.43. The fourth-order valence-corrected chi connectivity index (χ4v) is 8.14. The Kier molecular flexibility index (Phi) is 6.91.